The number of hydrogen-bond donors (Lipinski definition) is 2. The molecule has 0 aromatic carbocycles. The highest BCUT2D eigenvalue weighted by Crippen LogP contribution is 2.45. The topological polar surface area (TPSA) is 89.5 Å². The van der Waals surface area contributed by atoms with Crippen molar-refractivity contribution in [3.8, 4) is 5.88 Å². The van der Waals surface area contributed by atoms with Crippen molar-refractivity contribution < 1.29 is 32.2 Å². The highest BCUT2D eigenvalue weighted by atomic mass is 19.4. The number of carbonyl (C=O) groups is 2. The molecule has 2 amide bonds. The van der Waals surface area contributed by atoms with E-state index in [0.717, 1.165) is 12.1 Å². The van der Waals surface area contributed by atoms with Gasteiger partial charge in [-0.25, -0.2) is 9.78 Å². The molecule has 1 aromatic rings. The Morgan fingerprint density at radius 2 is 1.74 bits per heavy atom. The van der Waals surface area contributed by atoms with Crippen LogP contribution in [-0.4, -0.2) is 34.2 Å². The van der Waals surface area contributed by atoms with Crippen LogP contribution in [0.25, 0.3) is 0 Å². The smallest absolute Gasteiger partial charge is 0.416 e. The molecule has 1 saturated carbocycles. The van der Waals surface area contributed by atoms with E-state index in [1.54, 1.807) is 41.5 Å². The molecule has 0 radical (unpaired) electrons. The number of nitrogens with zero attached hydrogens (tertiary/aromatic N) is 1. The summed E-state index contributed by atoms with van der Waals surface area (Å²) < 4.78 is 51.1. The minimum atomic E-state index is -4.58. The zero-order valence-electron chi connectivity index (χ0n) is 21.9. The van der Waals surface area contributed by atoms with Crippen LogP contribution < -0.4 is 15.4 Å². The Hall–Kier alpha value is -2.52. The number of alkyl carbamates (subject to hydrolysis) is 1. The molecule has 35 heavy (non-hydrogen) atoms. The second-order valence-electron chi connectivity index (χ2n) is 11.5. The van der Waals surface area contributed by atoms with Crippen molar-refractivity contribution in [1.82, 2.24) is 15.6 Å². The first-order valence-corrected chi connectivity index (χ1v) is 11.9. The summed E-state index contributed by atoms with van der Waals surface area (Å²) in [6, 6.07) is 1.53. The number of aromatic nitrogens is 1. The van der Waals surface area contributed by atoms with E-state index in [9.17, 15) is 22.8 Å². The van der Waals surface area contributed by atoms with Gasteiger partial charge in [-0.05, 0) is 72.8 Å². The lowest BCUT2D eigenvalue weighted by molar-refractivity contribution is -0.137. The van der Waals surface area contributed by atoms with Crippen LogP contribution in [0.3, 0.4) is 0 Å². The number of ether oxygens (including phenoxy) is 2. The maximum absolute atomic E-state index is 13.4. The molecule has 2 rings (SSSR count). The van der Waals surface area contributed by atoms with E-state index in [4.69, 9.17) is 9.47 Å². The van der Waals surface area contributed by atoms with Crippen molar-refractivity contribution >= 4 is 12.0 Å². The molecule has 2 N–H and O–H groups in total. The molecule has 10 heteroatoms. The molecule has 1 aromatic heterocycles. The molecule has 198 valence electrons. The lowest BCUT2D eigenvalue weighted by Crippen LogP contribution is -2.45. The summed E-state index contributed by atoms with van der Waals surface area (Å²) >= 11 is 0. The average molecular weight is 502 g/mol. The van der Waals surface area contributed by atoms with Crippen molar-refractivity contribution in [2.45, 2.75) is 105 Å². The van der Waals surface area contributed by atoms with Crippen molar-refractivity contribution in [2.75, 3.05) is 0 Å². The van der Waals surface area contributed by atoms with Gasteiger partial charge in [0.1, 0.15) is 11.2 Å². The summed E-state index contributed by atoms with van der Waals surface area (Å²) in [5.74, 6) is -0.488. The Morgan fingerprint density at radius 1 is 1.11 bits per heavy atom. The van der Waals surface area contributed by atoms with E-state index in [1.807, 2.05) is 13.8 Å². The van der Waals surface area contributed by atoms with E-state index in [1.165, 1.54) is 0 Å². The number of hydrogen-bond acceptors (Lipinski definition) is 5. The van der Waals surface area contributed by atoms with Crippen LogP contribution in [0.2, 0.25) is 0 Å². The van der Waals surface area contributed by atoms with Crippen molar-refractivity contribution in [3.05, 3.63) is 23.4 Å². The zero-order valence-corrected chi connectivity index (χ0v) is 21.9. The van der Waals surface area contributed by atoms with E-state index >= 15 is 0 Å². The molecule has 1 heterocycles. The number of amides is 2. The maximum atomic E-state index is 13.4. The summed E-state index contributed by atoms with van der Waals surface area (Å²) in [7, 11) is 0. The second-order valence-corrected chi connectivity index (χ2v) is 11.5. The number of alkyl halides is 3. The minimum Gasteiger partial charge on any atom is -0.472 e. The van der Waals surface area contributed by atoms with Crippen LogP contribution in [-0.2, 0) is 22.3 Å². The lowest BCUT2D eigenvalue weighted by atomic mass is 9.74. The van der Waals surface area contributed by atoms with Gasteiger partial charge in [-0.3, -0.25) is 4.79 Å². The molecule has 2 atom stereocenters. The fourth-order valence-electron chi connectivity index (χ4n) is 4.19. The summed E-state index contributed by atoms with van der Waals surface area (Å²) in [4.78, 5) is 29.7. The van der Waals surface area contributed by atoms with E-state index in [-0.39, 0.29) is 36.0 Å². The van der Waals surface area contributed by atoms with Crippen molar-refractivity contribution in [3.63, 3.8) is 0 Å². The van der Waals surface area contributed by atoms with Gasteiger partial charge >= 0.3 is 12.3 Å². The Morgan fingerprint density at radius 3 is 2.26 bits per heavy atom. The molecule has 0 spiro atoms. The fraction of sp³-hybridized carbons (Fsp3) is 0.720. The van der Waals surface area contributed by atoms with Crippen LogP contribution in [0.4, 0.5) is 18.0 Å². The second kappa shape index (κ2) is 10.2. The molecule has 7 nitrogen and oxygen atoms in total. The Bertz CT molecular complexity index is 920. The summed E-state index contributed by atoms with van der Waals surface area (Å²) in [6.07, 6.45) is -3.59. The molecule has 0 aliphatic heterocycles. The van der Waals surface area contributed by atoms with Gasteiger partial charge in [0, 0.05) is 12.1 Å². The van der Waals surface area contributed by atoms with Crippen LogP contribution >= 0.6 is 0 Å². The van der Waals surface area contributed by atoms with Crippen molar-refractivity contribution in [2.24, 2.45) is 11.3 Å². The first-order chi connectivity index (χ1) is 15.8. The van der Waals surface area contributed by atoms with Gasteiger partial charge in [0.15, 0.2) is 0 Å². The molecule has 1 aliphatic rings. The van der Waals surface area contributed by atoms with E-state index < -0.39 is 34.5 Å². The first kappa shape index (κ1) is 28.7. The largest absolute Gasteiger partial charge is 0.472 e. The third-order valence-corrected chi connectivity index (χ3v) is 5.85. The van der Waals surface area contributed by atoms with Gasteiger partial charge in [0.05, 0.1) is 23.2 Å². The number of halogens is 3. The van der Waals surface area contributed by atoms with Gasteiger partial charge in [0.2, 0.25) is 11.8 Å². The van der Waals surface area contributed by atoms with Crippen LogP contribution in [0.5, 0.6) is 5.88 Å². The third kappa shape index (κ3) is 8.28. The van der Waals surface area contributed by atoms with Gasteiger partial charge < -0.3 is 20.1 Å². The average Bonchev–Trinajstić information content (AvgIpc) is 3.07. The normalized spacial score (nSPS) is 21.1. The zero-order chi connectivity index (χ0) is 26.8. The van der Waals surface area contributed by atoms with Gasteiger partial charge in [-0.2, -0.15) is 13.2 Å². The van der Waals surface area contributed by atoms with Gasteiger partial charge in [0.25, 0.3) is 0 Å². The third-order valence-electron chi connectivity index (χ3n) is 5.85. The molecule has 0 saturated heterocycles. The van der Waals surface area contributed by atoms with Gasteiger partial charge in [-0.1, -0.05) is 13.8 Å². The monoisotopic (exact) mass is 501 g/mol. The van der Waals surface area contributed by atoms with Crippen LogP contribution in [0.15, 0.2) is 12.1 Å². The van der Waals surface area contributed by atoms with Crippen LogP contribution in [0.1, 0.15) is 85.9 Å². The van der Waals surface area contributed by atoms with E-state index in [0.29, 0.717) is 19.3 Å². The minimum absolute atomic E-state index is 0.0489. The molecule has 0 unspecified atom stereocenters. The van der Waals surface area contributed by atoms with E-state index in [2.05, 4.69) is 15.6 Å². The van der Waals surface area contributed by atoms with Crippen LogP contribution in [0, 0.1) is 11.3 Å². The van der Waals surface area contributed by atoms with Gasteiger partial charge in [-0.15, -0.1) is 0 Å². The molecular formula is C25H38F3N3O4. The number of pyridine rings is 1. The summed E-state index contributed by atoms with van der Waals surface area (Å²) in [5.41, 5.74) is -2.99. The Balaban J connectivity index is 2.16. The summed E-state index contributed by atoms with van der Waals surface area (Å²) in [5, 5.41) is 5.61. The molecule has 1 fully saturated rings. The van der Waals surface area contributed by atoms with Crippen molar-refractivity contribution in [1.29, 1.82) is 0 Å². The maximum Gasteiger partial charge on any atom is 0.416 e. The Labute approximate surface area is 205 Å². The first-order valence-electron chi connectivity index (χ1n) is 11.9. The predicted molar refractivity (Wildman–Crippen MR) is 126 cm³/mol. The summed E-state index contributed by atoms with van der Waals surface area (Å²) in [6.45, 7) is 14.1. The predicted octanol–water partition coefficient (Wildman–Crippen LogP) is 5.61. The highest BCUT2D eigenvalue weighted by molar-refractivity contribution is 5.83. The molecular weight excluding hydrogens is 463 g/mol. The fourth-order valence-corrected chi connectivity index (χ4v) is 4.19. The number of carbonyl (C=O) groups excluding carboxylic acids is 2. The Kier molecular flexibility index (Phi) is 8.39. The number of nitrogens with one attached hydrogen (secondary N) is 2. The lowest BCUT2D eigenvalue weighted by Gasteiger charge is -2.32. The molecule has 0 bridgehead atoms. The SMILES string of the molecule is CC(C)[C@]1(C(=O)NCc2cc(C(F)(F)F)cc(OC(C)(C)C)n2)CC[C@@H](NC(=O)OC(C)(C)C)C1. The quantitative estimate of drug-likeness (QED) is 0.529. The molecule has 1 aliphatic carbocycles. The highest BCUT2D eigenvalue weighted by Gasteiger charge is 2.48. The standard InChI is InChI=1S/C25H38F3N3O4/c1-15(2)24(10-9-17(13-24)31-21(33)35-23(6,7)8)20(32)29-14-18-11-16(25(26,27)28)12-19(30-18)34-22(3,4)5/h11-12,15,17H,9-10,13-14H2,1-8H3,(H,29,32)(H,31,33)/t17-,24+/m1/s1. The number of rotatable bonds is 6.